The molecule has 0 amide bonds. The first-order chi connectivity index (χ1) is 11.3. The van der Waals surface area contributed by atoms with Crippen molar-refractivity contribution < 1.29 is 23.1 Å². The number of carboxylic acids is 1. The van der Waals surface area contributed by atoms with Crippen molar-refractivity contribution in [3.8, 4) is 5.75 Å². The van der Waals surface area contributed by atoms with E-state index >= 15 is 0 Å². The Hall–Kier alpha value is -1.80. The zero-order valence-electron chi connectivity index (χ0n) is 12.4. The van der Waals surface area contributed by atoms with Crippen molar-refractivity contribution in [2.45, 2.75) is 11.4 Å². The zero-order chi connectivity index (χ0) is 17.9. The minimum absolute atomic E-state index is 0.0635. The summed E-state index contributed by atoms with van der Waals surface area (Å²) >= 11 is 11.6. The third-order valence-electron chi connectivity index (χ3n) is 3.18. The van der Waals surface area contributed by atoms with Gasteiger partial charge in [0.1, 0.15) is 10.6 Å². The lowest BCUT2D eigenvalue weighted by Crippen LogP contribution is -2.26. The predicted molar refractivity (Wildman–Crippen MR) is 87.8 cm³/mol. The molecule has 0 heterocycles. The second-order valence-corrected chi connectivity index (χ2v) is 7.24. The van der Waals surface area contributed by atoms with E-state index in [1.54, 1.807) is 24.3 Å². The van der Waals surface area contributed by atoms with Crippen LogP contribution in [0.25, 0.3) is 0 Å². The number of carbonyl (C=O) groups excluding carboxylic acids is 1. The molecule has 0 saturated carbocycles. The third kappa shape index (κ3) is 3.99. The Kier molecular flexibility index (Phi) is 5.71. The lowest BCUT2D eigenvalue weighted by atomic mass is 10.2. The maximum atomic E-state index is 12.4. The van der Waals surface area contributed by atoms with Crippen LogP contribution >= 0.6 is 23.2 Å². The fraction of sp³-hybridized carbons (Fsp3) is 0.133. The van der Waals surface area contributed by atoms with Crippen molar-refractivity contribution in [1.29, 1.82) is 0 Å². The van der Waals surface area contributed by atoms with Gasteiger partial charge in [-0.05, 0) is 18.2 Å². The zero-order valence-corrected chi connectivity index (χ0v) is 14.7. The summed E-state index contributed by atoms with van der Waals surface area (Å²) < 4.78 is 32.3. The smallest absolute Gasteiger partial charge is 0.242 e. The molecule has 24 heavy (non-hydrogen) atoms. The molecule has 0 aliphatic rings. The summed E-state index contributed by atoms with van der Waals surface area (Å²) in [5.41, 5.74) is 0.146. The summed E-state index contributed by atoms with van der Waals surface area (Å²) in [5, 5.41) is 10.6. The van der Waals surface area contributed by atoms with Crippen molar-refractivity contribution in [3.63, 3.8) is 0 Å². The molecule has 0 aliphatic heterocycles. The summed E-state index contributed by atoms with van der Waals surface area (Å²) in [5.74, 6) is -1.09. The summed E-state index contributed by atoms with van der Waals surface area (Å²) in [6.45, 7) is -0.0635. The van der Waals surface area contributed by atoms with Crippen LogP contribution in [-0.2, 0) is 16.6 Å². The van der Waals surface area contributed by atoms with Gasteiger partial charge in [-0.3, -0.25) is 0 Å². The minimum atomic E-state index is -4.07. The number of aromatic carboxylic acids is 1. The molecule has 0 bridgehead atoms. The van der Waals surface area contributed by atoms with Crippen molar-refractivity contribution in [3.05, 3.63) is 57.6 Å². The van der Waals surface area contributed by atoms with Crippen molar-refractivity contribution >= 4 is 39.2 Å². The Balaban J connectivity index is 2.34. The Bertz CT molecular complexity index is 883. The number of para-hydroxylation sites is 1. The van der Waals surface area contributed by atoms with Gasteiger partial charge >= 0.3 is 0 Å². The van der Waals surface area contributed by atoms with Gasteiger partial charge in [0, 0.05) is 17.7 Å². The summed E-state index contributed by atoms with van der Waals surface area (Å²) in [4.78, 5) is 10.6. The topological polar surface area (TPSA) is 95.5 Å². The first-order valence-corrected chi connectivity index (χ1v) is 8.82. The van der Waals surface area contributed by atoms with Gasteiger partial charge in [-0.25, -0.2) is 13.1 Å². The molecule has 0 fully saturated rings. The number of carbonyl (C=O) groups is 1. The minimum Gasteiger partial charge on any atom is -0.545 e. The van der Waals surface area contributed by atoms with E-state index in [-0.39, 0.29) is 16.6 Å². The highest BCUT2D eigenvalue weighted by atomic mass is 35.5. The van der Waals surface area contributed by atoms with Crippen LogP contribution in [0, 0.1) is 0 Å². The Morgan fingerprint density at radius 2 is 1.88 bits per heavy atom. The van der Waals surface area contributed by atoms with Gasteiger partial charge in [-0.15, -0.1) is 0 Å². The predicted octanol–water partition coefficient (Wildman–Crippen LogP) is 1.84. The van der Waals surface area contributed by atoms with E-state index in [0.29, 0.717) is 11.3 Å². The number of benzene rings is 2. The molecule has 1 N–H and O–H groups in total. The Morgan fingerprint density at radius 3 is 2.50 bits per heavy atom. The maximum absolute atomic E-state index is 12.4. The quantitative estimate of drug-likeness (QED) is 0.814. The number of carboxylic acid groups (broad SMARTS) is 1. The van der Waals surface area contributed by atoms with Crippen LogP contribution in [-0.4, -0.2) is 21.5 Å². The van der Waals surface area contributed by atoms with Gasteiger partial charge in [0.15, 0.2) is 0 Å². The van der Waals surface area contributed by atoms with E-state index in [2.05, 4.69) is 4.72 Å². The fourth-order valence-corrected chi connectivity index (χ4v) is 3.85. The molecule has 128 valence electrons. The molecular weight excluding hydrogens is 377 g/mol. The van der Waals surface area contributed by atoms with E-state index in [1.807, 2.05) is 0 Å². The molecule has 0 aliphatic carbocycles. The SMILES string of the molecule is COc1ccccc1CNS(=O)(=O)c1cc(C(=O)[O-])c(Cl)cc1Cl. The highest BCUT2D eigenvalue weighted by Gasteiger charge is 2.21. The monoisotopic (exact) mass is 388 g/mol. The molecule has 0 atom stereocenters. The summed E-state index contributed by atoms with van der Waals surface area (Å²) in [7, 11) is -2.61. The molecule has 0 aromatic heterocycles. The number of ether oxygens (including phenoxy) is 1. The molecule has 0 saturated heterocycles. The van der Waals surface area contributed by atoms with Crippen LogP contribution < -0.4 is 14.6 Å². The van der Waals surface area contributed by atoms with Gasteiger partial charge in [-0.2, -0.15) is 0 Å². The second kappa shape index (κ2) is 7.40. The second-order valence-electron chi connectivity index (χ2n) is 4.69. The van der Waals surface area contributed by atoms with E-state index in [0.717, 1.165) is 12.1 Å². The first kappa shape index (κ1) is 18.5. The van der Waals surface area contributed by atoms with Crippen LogP contribution in [0.15, 0.2) is 41.3 Å². The highest BCUT2D eigenvalue weighted by molar-refractivity contribution is 7.89. The lowest BCUT2D eigenvalue weighted by Gasteiger charge is -2.13. The van der Waals surface area contributed by atoms with Gasteiger partial charge in [0.2, 0.25) is 10.0 Å². The van der Waals surface area contributed by atoms with E-state index in [1.165, 1.54) is 7.11 Å². The molecule has 2 rings (SSSR count). The molecule has 0 unspecified atom stereocenters. The lowest BCUT2D eigenvalue weighted by molar-refractivity contribution is -0.255. The van der Waals surface area contributed by atoms with Crippen LogP contribution in [0.2, 0.25) is 10.0 Å². The average molecular weight is 389 g/mol. The van der Waals surface area contributed by atoms with Crippen molar-refractivity contribution in [2.24, 2.45) is 0 Å². The molecular formula is C15H12Cl2NO5S-. The van der Waals surface area contributed by atoms with Gasteiger partial charge in [0.25, 0.3) is 0 Å². The Morgan fingerprint density at radius 1 is 1.21 bits per heavy atom. The van der Waals surface area contributed by atoms with Gasteiger partial charge in [-0.1, -0.05) is 41.4 Å². The van der Waals surface area contributed by atoms with Crippen LogP contribution in [0.1, 0.15) is 15.9 Å². The number of methoxy groups -OCH3 is 1. The number of hydrogen-bond acceptors (Lipinski definition) is 5. The van der Waals surface area contributed by atoms with E-state index < -0.39 is 26.5 Å². The summed E-state index contributed by atoms with van der Waals surface area (Å²) in [6.07, 6.45) is 0. The largest absolute Gasteiger partial charge is 0.545 e. The molecule has 0 spiro atoms. The van der Waals surface area contributed by atoms with Gasteiger partial charge in [0.05, 0.1) is 23.1 Å². The van der Waals surface area contributed by atoms with Crippen molar-refractivity contribution in [1.82, 2.24) is 4.72 Å². The molecule has 0 radical (unpaired) electrons. The molecule has 2 aromatic rings. The average Bonchev–Trinajstić information content (AvgIpc) is 2.52. The van der Waals surface area contributed by atoms with Crippen molar-refractivity contribution in [2.75, 3.05) is 7.11 Å². The van der Waals surface area contributed by atoms with Crippen LogP contribution in [0.5, 0.6) is 5.75 Å². The first-order valence-electron chi connectivity index (χ1n) is 6.58. The number of hydrogen-bond donors (Lipinski definition) is 1. The number of sulfonamides is 1. The van der Waals surface area contributed by atoms with Gasteiger partial charge < -0.3 is 14.6 Å². The standard InChI is InChI=1S/C15H13Cl2NO5S/c1-23-13-5-3-2-4-9(13)8-18-24(21,22)14-6-10(15(19)20)11(16)7-12(14)17/h2-7,18H,8H2,1H3,(H,19,20)/p-1. The van der Waals surface area contributed by atoms with E-state index in [9.17, 15) is 18.3 Å². The number of nitrogens with one attached hydrogen (secondary N) is 1. The van der Waals surface area contributed by atoms with E-state index in [4.69, 9.17) is 27.9 Å². The van der Waals surface area contributed by atoms with Crippen LogP contribution in [0.3, 0.4) is 0 Å². The Labute approximate surface area is 149 Å². The fourth-order valence-electron chi connectivity index (χ4n) is 1.99. The maximum Gasteiger partial charge on any atom is 0.242 e. The normalized spacial score (nSPS) is 11.3. The molecule has 6 nitrogen and oxygen atoms in total. The van der Waals surface area contributed by atoms with Crippen LogP contribution in [0.4, 0.5) is 0 Å². The number of halogens is 2. The number of rotatable bonds is 6. The highest BCUT2D eigenvalue weighted by Crippen LogP contribution is 2.28. The third-order valence-corrected chi connectivity index (χ3v) is 5.35. The summed E-state index contributed by atoms with van der Waals surface area (Å²) in [6, 6.07) is 8.77. The molecule has 9 heteroatoms. The molecule has 2 aromatic carbocycles.